The normalized spacial score (nSPS) is 17.7. The van der Waals surface area contributed by atoms with E-state index < -0.39 is 0 Å². The Labute approximate surface area is 66.4 Å². The number of piperidine rings is 1. The molecule has 3 nitrogen and oxygen atoms in total. The van der Waals surface area contributed by atoms with E-state index in [0.29, 0.717) is 0 Å². The van der Waals surface area contributed by atoms with Crippen molar-refractivity contribution in [1.82, 2.24) is 5.32 Å². The summed E-state index contributed by atoms with van der Waals surface area (Å²) in [6.07, 6.45) is 3.53. The minimum Gasteiger partial charge on any atom is -0.466 e. The van der Waals surface area contributed by atoms with Gasteiger partial charge in [-0.15, -0.1) is 0 Å². The molecule has 0 aromatic carbocycles. The quantitative estimate of drug-likeness (QED) is 0.442. The maximum absolute atomic E-state index is 10.8. The highest BCUT2D eigenvalue weighted by Crippen LogP contribution is 2.09. The molecule has 0 bridgehead atoms. The number of carbonyl (C=O) groups excluding carboxylic acids is 1. The molecule has 1 aliphatic heterocycles. The molecule has 3 heteroatoms. The maximum atomic E-state index is 10.8. The van der Waals surface area contributed by atoms with Crippen LogP contribution >= 0.6 is 0 Å². The van der Waals surface area contributed by atoms with Crippen LogP contribution in [-0.4, -0.2) is 26.2 Å². The van der Waals surface area contributed by atoms with Crippen molar-refractivity contribution in [2.75, 3.05) is 20.2 Å². The summed E-state index contributed by atoms with van der Waals surface area (Å²) in [7, 11) is 1.40. The number of nitrogens with one attached hydrogen (secondary N) is 1. The lowest BCUT2D eigenvalue weighted by molar-refractivity contribution is -0.134. The van der Waals surface area contributed by atoms with Gasteiger partial charge in [0.15, 0.2) is 0 Å². The fourth-order valence-electron chi connectivity index (χ4n) is 1.12. The lowest BCUT2D eigenvalue weighted by Crippen LogP contribution is -2.23. The first-order chi connectivity index (χ1) is 5.33. The van der Waals surface area contributed by atoms with E-state index in [0.717, 1.165) is 25.9 Å². The third kappa shape index (κ3) is 2.72. The molecule has 1 heterocycles. The smallest absolute Gasteiger partial charge is 0.330 e. The number of methoxy groups -OCH3 is 1. The summed E-state index contributed by atoms with van der Waals surface area (Å²) in [5, 5.41) is 3.21. The molecule has 1 fully saturated rings. The Morgan fingerprint density at radius 2 is 2.18 bits per heavy atom. The van der Waals surface area contributed by atoms with Gasteiger partial charge in [0, 0.05) is 6.08 Å². The molecule has 0 radical (unpaired) electrons. The van der Waals surface area contributed by atoms with E-state index in [9.17, 15) is 4.79 Å². The van der Waals surface area contributed by atoms with Gasteiger partial charge in [0.1, 0.15) is 0 Å². The second-order valence-electron chi connectivity index (χ2n) is 2.58. The van der Waals surface area contributed by atoms with Gasteiger partial charge in [-0.25, -0.2) is 4.79 Å². The molecule has 0 aliphatic carbocycles. The minimum absolute atomic E-state index is 0.234. The highest BCUT2D eigenvalue weighted by molar-refractivity contribution is 5.82. The predicted octanol–water partition coefficient (Wildman–Crippen LogP) is 0.469. The van der Waals surface area contributed by atoms with Crippen molar-refractivity contribution in [2.24, 2.45) is 0 Å². The molecule has 11 heavy (non-hydrogen) atoms. The van der Waals surface area contributed by atoms with Crippen molar-refractivity contribution in [2.45, 2.75) is 12.8 Å². The van der Waals surface area contributed by atoms with Crippen LogP contribution in [0.25, 0.3) is 0 Å². The van der Waals surface area contributed by atoms with Crippen LogP contribution in [0.4, 0.5) is 0 Å². The van der Waals surface area contributed by atoms with Gasteiger partial charge in [-0.05, 0) is 25.9 Å². The van der Waals surface area contributed by atoms with Gasteiger partial charge in [0.2, 0.25) is 0 Å². The SMILES string of the molecule is COC(=O)C=C1CCNCC1. The first kappa shape index (κ1) is 8.27. The molecular weight excluding hydrogens is 142 g/mol. The average Bonchev–Trinajstić information content (AvgIpc) is 2.06. The van der Waals surface area contributed by atoms with Crippen molar-refractivity contribution in [3.8, 4) is 0 Å². The fourth-order valence-corrected chi connectivity index (χ4v) is 1.12. The van der Waals surface area contributed by atoms with Gasteiger partial charge in [0.05, 0.1) is 7.11 Å². The molecule has 0 aromatic heterocycles. The summed E-state index contributed by atoms with van der Waals surface area (Å²) in [6.45, 7) is 1.95. The second-order valence-corrected chi connectivity index (χ2v) is 2.58. The summed E-state index contributed by atoms with van der Waals surface area (Å²) >= 11 is 0. The summed E-state index contributed by atoms with van der Waals surface area (Å²) in [5.41, 5.74) is 1.19. The Hall–Kier alpha value is -0.830. The van der Waals surface area contributed by atoms with E-state index in [4.69, 9.17) is 0 Å². The summed E-state index contributed by atoms with van der Waals surface area (Å²) in [4.78, 5) is 10.8. The van der Waals surface area contributed by atoms with Crippen molar-refractivity contribution < 1.29 is 9.53 Å². The van der Waals surface area contributed by atoms with Crippen molar-refractivity contribution in [3.05, 3.63) is 11.6 Å². The number of carbonyl (C=O) groups is 1. The zero-order valence-electron chi connectivity index (χ0n) is 6.72. The lowest BCUT2D eigenvalue weighted by atomic mass is 10.1. The summed E-state index contributed by atoms with van der Waals surface area (Å²) in [5.74, 6) is -0.234. The molecule has 1 aliphatic rings. The lowest BCUT2D eigenvalue weighted by Gasteiger charge is -2.14. The topological polar surface area (TPSA) is 38.3 Å². The zero-order chi connectivity index (χ0) is 8.10. The predicted molar refractivity (Wildman–Crippen MR) is 42.2 cm³/mol. The third-order valence-electron chi connectivity index (χ3n) is 1.77. The van der Waals surface area contributed by atoms with Crippen molar-refractivity contribution in [1.29, 1.82) is 0 Å². The number of esters is 1. The van der Waals surface area contributed by atoms with E-state index in [1.54, 1.807) is 6.08 Å². The highest BCUT2D eigenvalue weighted by Gasteiger charge is 2.05. The van der Waals surface area contributed by atoms with Crippen LogP contribution in [0, 0.1) is 0 Å². The van der Waals surface area contributed by atoms with Crippen molar-refractivity contribution >= 4 is 5.97 Å². The van der Waals surface area contributed by atoms with Gasteiger partial charge in [-0.2, -0.15) is 0 Å². The van der Waals surface area contributed by atoms with E-state index >= 15 is 0 Å². The first-order valence-corrected chi connectivity index (χ1v) is 3.81. The van der Waals surface area contributed by atoms with E-state index in [1.807, 2.05) is 0 Å². The highest BCUT2D eigenvalue weighted by atomic mass is 16.5. The van der Waals surface area contributed by atoms with Crippen molar-refractivity contribution in [3.63, 3.8) is 0 Å². The molecule has 0 unspecified atom stereocenters. The van der Waals surface area contributed by atoms with Gasteiger partial charge < -0.3 is 10.1 Å². The standard InChI is InChI=1S/C8H13NO2/c1-11-8(10)6-7-2-4-9-5-3-7/h6,9H,2-5H2,1H3. The van der Waals surface area contributed by atoms with Gasteiger partial charge in [-0.3, -0.25) is 0 Å². The van der Waals surface area contributed by atoms with Crippen LogP contribution in [0.2, 0.25) is 0 Å². The minimum atomic E-state index is -0.234. The van der Waals surface area contributed by atoms with Crippen LogP contribution in [0.1, 0.15) is 12.8 Å². The van der Waals surface area contributed by atoms with Gasteiger partial charge in [-0.1, -0.05) is 5.57 Å². The average molecular weight is 155 g/mol. The second kappa shape index (κ2) is 4.13. The summed E-state index contributed by atoms with van der Waals surface area (Å²) < 4.78 is 4.52. The summed E-state index contributed by atoms with van der Waals surface area (Å²) in [6, 6.07) is 0. The Kier molecular flexibility index (Phi) is 3.11. The molecule has 0 atom stereocenters. The number of ether oxygens (including phenoxy) is 1. The molecule has 1 saturated heterocycles. The molecule has 0 aromatic rings. The van der Waals surface area contributed by atoms with Gasteiger partial charge >= 0.3 is 5.97 Å². The maximum Gasteiger partial charge on any atom is 0.330 e. The fraction of sp³-hybridized carbons (Fsp3) is 0.625. The number of hydrogen-bond acceptors (Lipinski definition) is 3. The van der Waals surface area contributed by atoms with E-state index in [2.05, 4.69) is 10.1 Å². The zero-order valence-corrected chi connectivity index (χ0v) is 6.72. The van der Waals surface area contributed by atoms with E-state index in [-0.39, 0.29) is 5.97 Å². The molecule has 0 spiro atoms. The molecule has 0 amide bonds. The monoisotopic (exact) mass is 155 g/mol. The van der Waals surface area contributed by atoms with Crippen LogP contribution in [0.15, 0.2) is 11.6 Å². The third-order valence-corrected chi connectivity index (χ3v) is 1.77. The Bertz CT molecular complexity index is 167. The van der Waals surface area contributed by atoms with E-state index in [1.165, 1.54) is 12.7 Å². The first-order valence-electron chi connectivity index (χ1n) is 3.81. The van der Waals surface area contributed by atoms with Gasteiger partial charge in [0.25, 0.3) is 0 Å². The molecular formula is C8H13NO2. The number of rotatable bonds is 1. The molecule has 0 saturated carbocycles. The Morgan fingerprint density at radius 1 is 1.55 bits per heavy atom. The molecule has 1 N–H and O–H groups in total. The Morgan fingerprint density at radius 3 is 2.73 bits per heavy atom. The molecule has 1 rings (SSSR count). The van der Waals surface area contributed by atoms with Crippen LogP contribution in [-0.2, 0) is 9.53 Å². The molecule has 62 valence electrons. The van der Waals surface area contributed by atoms with Crippen LogP contribution < -0.4 is 5.32 Å². The number of hydrogen-bond donors (Lipinski definition) is 1. The Balaban J connectivity index is 2.43. The largest absolute Gasteiger partial charge is 0.466 e. The van der Waals surface area contributed by atoms with Crippen LogP contribution in [0.3, 0.4) is 0 Å². The van der Waals surface area contributed by atoms with Crippen LogP contribution in [0.5, 0.6) is 0 Å².